The lowest BCUT2D eigenvalue weighted by Crippen LogP contribution is -1.99. The van der Waals surface area contributed by atoms with E-state index in [4.69, 9.17) is 5.73 Å². The van der Waals surface area contributed by atoms with Crippen LogP contribution in [0.25, 0.3) is 0 Å². The van der Waals surface area contributed by atoms with Crippen LogP contribution in [-0.2, 0) is 0 Å². The van der Waals surface area contributed by atoms with Crippen molar-refractivity contribution in [2.45, 2.75) is 0 Å². The van der Waals surface area contributed by atoms with Gasteiger partial charge >= 0.3 is 0 Å². The number of anilines is 1. The van der Waals surface area contributed by atoms with Crippen LogP contribution in [0.5, 0.6) is 5.75 Å². The Labute approximate surface area is 90.8 Å². The smallest absolute Gasteiger partial charge is 0.203 e. The summed E-state index contributed by atoms with van der Waals surface area (Å²) in [4.78, 5) is 12.5. The fourth-order valence-electron chi connectivity index (χ4n) is 1.25. The van der Waals surface area contributed by atoms with E-state index >= 15 is 0 Å². The highest BCUT2D eigenvalue weighted by molar-refractivity contribution is 7.12. The Balaban J connectivity index is 2.39. The van der Waals surface area contributed by atoms with Gasteiger partial charge in [0.05, 0.1) is 10.6 Å². The third-order valence-electron chi connectivity index (χ3n) is 2.03. The van der Waals surface area contributed by atoms with Gasteiger partial charge in [0.25, 0.3) is 0 Å². The maximum atomic E-state index is 11.8. The third kappa shape index (κ3) is 1.85. The molecule has 3 nitrogen and oxygen atoms in total. The molecule has 0 aliphatic rings. The highest BCUT2D eigenvalue weighted by atomic mass is 32.1. The Hall–Kier alpha value is -1.81. The van der Waals surface area contributed by atoms with E-state index < -0.39 is 0 Å². The molecule has 0 amide bonds. The summed E-state index contributed by atoms with van der Waals surface area (Å²) in [6.07, 6.45) is 0. The van der Waals surface area contributed by atoms with Gasteiger partial charge in [-0.1, -0.05) is 6.07 Å². The molecule has 0 spiro atoms. The van der Waals surface area contributed by atoms with E-state index in [-0.39, 0.29) is 17.2 Å². The highest BCUT2D eigenvalue weighted by Crippen LogP contribution is 2.23. The zero-order valence-electron chi connectivity index (χ0n) is 7.81. The number of benzene rings is 1. The number of phenols is 1. The Morgan fingerprint density at radius 2 is 2.13 bits per heavy atom. The predicted octanol–water partition coefficient (Wildman–Crippen LogP) is 2.27. The van der Waals surface area contributed by atoms with Crippen LogP contribution < -0.4 is 5.73 Å². The van der Waals surface area contributed by atoms with Crippen molar-refractivity contribution >= 4 is 22.8 Å². The van der Waals surface area contributed by atoms with Crippen LogP contribution in [0.1, 0.15) is 15.2 Å². The maximum Gasteiger partial charge on any atom is 0.203 e. The largest absolute Gasteiger partial charge is 0.506 e. The van der Waals surface area contributed by atoms with Crippen LogP contribution >= 0.6 is 11.3 Å². The molecule has 0 radical (unpaired) electrons. The van der Waals surface area contributed by atoms with Gasteiger partial charge in [-0.25, -0.2) is 0 Å². The second-order valence-electron chi connectivity index (χ2n) is 3.08. The number of carbonyl (C=O) groups excluding carboxylic acids is 1. The van der Waals surface area contributed by atoms with Crippen molar-refractivity contribution in [2.75, 3.05) is 5.73 Å². The van der Waals surface area contributed by atoms with Gasteiger partial charge in [0.1, 0.15) is 5.75 Å². The molecule has 0 saturated heterocycles. The summed E-state index contributed by atoms with van der Waals surface area (Å²) in [5, 5.41) is 11.1. The molecule has 0 fully saturated rings. The minimum atomic E-state index is -0.0725. The zero-order valence-corrected chi connectivity index (χ0v) is 8.62. The summed E-state index contributed by atoms with van der Waals surface area (Å²) in [6.45, 7) is 0. The molecule has 1 aromatic carbocycles. The van der Waals surface area contributed by atoms with Crippen molar-refractivity contribution < 1.29 is 9.90 Å². The van der Waals surface area contributed by atoms with Crippen molar-refractivity contribution in [2.24, 2.45) is 0 Å². The molecule has 1 heterocycles. The van der Waals surface area contributed by atoms with Crippen molar-refractivity contribution in [3.05, 3.63) is 46.2 Å². The monoisotopic (exact) mass is 219 g/mol. The number of thiophene rings is 1. The summed E-state index contributed by atoms with van der Waals surface area (Å²) in [7, 11) is 0. The van der Waals surface area contributed by atoms with Crippen molar-refractivity contribution in [1.82, 2.24) is 0 Å². The van der Waals surface area contributed by atoms with Gasteiger partial charge < -0.3 is 10.8 Å². The van der Waals surface area contributed by atoms with Crippen LogP contribution in [0.4, 0.5) is 5.69 Å². The minimum Gasteiger partial charge on any atom is -0.506 e. The van der Waals surface area contributed by atoms with Gasteiger partial charge in [-0.2, -0.15) is 0 Å². The average molecular weight is 219 g/mol. The first kappa shape index (κ1) is 9.73. The number of phenolic OH excluding ortho intramolecular Hbond substituents is 1. The molecule has 1 aromatic heterocycles. The molecule has 0 saturated carbocycles. The first-order chi connectivity index (χ1) is 7.18. The fourth-order valence-corrected chi connectivity index (χ4v) is 1.93. The van der Waals surface area contributed by atoms with E-state index in [1.54, 1.807) is 12.1 Å². The minimum absolute atomic E-state index is 0.00210. The standard InChI is InChI=1S/C11H9NO2S/c12-8-6-7(3-4-9(8)13)11(14)10-2-1-5-15-10/h1-6,13H,12H2. The maximum absolute atomic E-state index is 11.8. The fraction of sp³-hybridized carbons (Fsp3) is 0. The molecule has 0 aliphatic heterocycles. The molecule has 76 valence electrons. The number of nitrogens with two attached hydrogens (primary N) is 1. The van der Waals surface area contributed by atoms with E-state index in [0.717, 1.165) is 0 Å². The molecule has 0 atom stereocenters. The van der Waals surface area contributed by atoms with E-state index in [1.807, 2.05) is 11.4 Å². The number of hydrogen-bond acceptors (Lipinski definition) is 4. The Morgan fingerprint density at radius 3 is 2.73 bits per heavy atom. The number of rotatable bonds is 2. The van der Waals surface area contributed by atoms with Gasteiger partial charge in [0, 0.05) is 5.56 Å². The van der Waals surface area contributed by atoms with Gasteiger partial charge in [-0.15, -0.1) is 11.3 Å². The summed E-state index contributed by atoms with van der Waals surface area (Å²) in [6, 6.07) is 8.05. The average Bonchev–Trinajstić information content (AvgIpc) is 2.74. The molecule has 2 rings (SSSR count). The van der Waals surface area contributed by atoms with Crippen LogP contribution in [-0.4, -0.2) is 10.9 Å². The zero-order chi connectivity index (χ0) is 10.8. The lowest BCUT2D eigenvalue weighted by Gasteiger charge is -2.01. The van der Waals surface area contributed by atoms with Gasteiger partial charge in [0.2, 0.25) is 5.78 Å². The van der Waals surface area contributed by atoms with Gasteiger partial charge in [-0.05, 0) is 29.6 Å². The highest BCUT2D eigenvalue weighted by Gasteiger charge is 2.10. The third-order valence-corrected chi connectivity index (χ3v) is 2.90. The van der Waals surface area contributed by atoms with Crippen LogP contribution in [0.2, 0.25) is 0 Å². The Bertz CT molecular complexity index is 491. The predicted molar refractivity (Wildman–Crippen MR) is 60.3 cm³/mol. The van der Waals surface area contributed by atoms with Gasteiger partial charge in [-0.3, -0.25) is 4.79 Å². The topological polar surface area (TPSA) is 63.3 Å². The number of carbonyl (C=O) groups is 1. The van der Waals surface area contributed by atoms with E-state index in [9.17, 15) is 9.90 Å². The number of nitrogen functional groups attached to an aromatic ring is 1. The van der Waals surface area contributed by atoms with Crippen LogP contribution in [0.15, 0.2) is 35.7 Å². The van der Waals surface area contributed by atoms with E-state index in [1.165, 1.54) is 23.5 Å². The molecule has 15 heavy (non-hydrogen) atoms. The Kier molecular flexibility index (Phi) is 2.43. The van der Waals surface area contributed by atoms with Gasteiger partial charge in [0.15, 0.2) is 0 Å². The van der Waals surface area contributed by atoms with Crippen molar-refractivity contribution in [3.8, 4) is 5.75 Å². The molecule has 3 N–H and O–H groups in total. The second kappa shape index (κ2) is 3.74. The quantitative estimate of drug-likeness (QED) is 0.462. The SMILES string of the molecule is Nc1cc(C(=O)c2cccs2)ccc1O. The molecule has 0 unspecified atom stereocenters. The molecule has 2 aromatic rings. The normalized spacial score (nSPS) is 10.1. The first-order valence-electron chi connectivity index (χ1n) is 4.35. The van der Waals surface area contributed by atoms with Crippen LogP contribution in [0.3, 0.4) is 0 Å². The van der Waals surface area contributed by atoms with Crippen LogP contribution in [0, 0.1) is 0 Å². The molecule has 0 aliphatic carbocycles. The molecular weight excluding hydrogens is 210 g/mol. The lowest BCUT2D eigenvalue weighted by atomic mass is 10.1. The molecular formula is C11H9NO2S. The number of hydrogen-bond donors (Lipinski definition) is 2. The summed E-state index contributed by atoms with van der Waals surface area (Å²) in [5.41, 5.74) is 6.23. The Morgan fingerprint density at radius 1 is 1.33 bits per heavy atom. The van der Waals surface area contributed by atoms with E-state index in [2.05, 4.69) is 0 Å². The van der Waals surface area contributed by atoms with E-state index in [0.29, 0.717) is 10.4 Å². The van der Waals surface area contributed by atoms with Crippen molar-refractivity contribution in [1.29, 1.82) is 0 Å². The van der Waals surface area contributed by atoms with Crippen molar-refractivity contribution in [3.63, 3.8) is 0 Å². The summed E-state index contributed by atoms with van der Waals surface area (Å²) in [5.74, 6) is -0.0746. The number of aromatic hydroxyl groups is 1. The lowest BCUT2D eigenvalue weighted by molar-refractivity contribution is 0.104. The first-order valence-corrected chi connectivity index (χ1v) is 5.23. The molecule has 4 heteroatoms. The summed E-state index contributed by atoms with van der Waals surface area (Å²) < 4.78 is 0. The number of ketones is 1. The second-order valence-corrected chi connectivity index (χ2v) is 4.03. The summed E-state index contributed by atoms with van der Waals surface area (Å²) >= 11 is 1.38. The molecule has 0 bridgehead atoms.